The number of hydrogen-bond donors (Lipinski definition) is 1. The first kappa shape index (κ1) is 19.6. The van der Waals surface area contributed by atoms with Crippen molar-refractivity contribution in [3.05, 3.63) is 59.7 Å². The summed E-state index contributed by atoms with van der Waals surface area (Å²) >= 11 is 0. The van der Waals surface area contributed by atoms with E-state index in [1.165, 1.54) is 6.92 Å². The molecule has 0 spiro atoms. The lowest BCUT2D eigenvalue weighted by Gasteiger charge is -2.09. The normalized spacial score (nSPS) is 11.1. The summed E-state index contributed by atoms with van der Waals surface area (Å²) in [5.74, 6) is -0.415. The van der Waals surface area contributed by atoms with Crippen LogP contribution < -0.4 is 5.73 Å². The highest BCUT2D eigenvalue weighted by Crippen LogP contribution is 2.31. The van der Waals surface area contributed by atoms with Gasteiger partial charge in [-0.1, -0.05) is 37.6 Å². The highest BCUT2D eigenvalue weighted by molar-refractivity contribution is 6.09. The standard InChI is InChI=1S/C23H22N4O3/c1-3-4-12-30-23(29)19-20-22(26-18-11-6-5-10-17(18)25-20)27(21(19)24)16-9-7-8-15(13-16)14(2)28/h5-11,13H,3-4,12,24H2,1-2H3. The molecule has 7 heteroatoms. The summed E-state index contributed by atoms with van der Waals surface area (Å²) in [4.78, 5) is 34.1. The molecule has 4 rings (SSSR count). The fourth-order valence-electron chi connectivity index (χ4n) is 3.37. The van der Waals surface area contributed by atoms with Gasteiger partial charge in [-0.3, -0.25) is 9.36 Å². The van der Waals surface area contributed by atoms with E-state index in [1.807, 2.05) is 37.3 Å². The largest absolute Gasteiger partial charge is 0.462 e. The molecule has 2 aromatic heterocycles. The molecule has 2 aromatic carbocycles. The second-order valence-corrected chi connectivity index (χ2v) is 7.08. The predicted octanol–water partition coefficient (Wildman–Crippen LogP) is 4.32. The predicted molar refractivity (Wildman–Crippen MR) is 116 cm³/mol. The molecule has 0 atom stereocenters. The molecule has 0 aliphatic heterocycles. The molecular formula is C23H22N4O3. The van der Waals surface area contributed by atoms with Gasteiger partial charge in [-0.15, -0.1) is 0 Å². The number of Topliss-reactive ketones (excluding diaryl/α,β-unsaturated/α-hetero) is 1. The van der Waals surface area contributed by atoms with Crippen molar-refractivity contribution in [1.29, 1.82) is 0 Å². The first-order valence-corrected chi connectivity index (χ1v) is 9.86. The van der Waals surface area contributed by atoms with Crippen LogP contribution >= 0.6 is 0 Å². The summed E-state index contributed by atoms with van der Waals surface area (Å²) in [5, 5.41) is 0. The van der Waals surface area contributed by atoms with Crippen molar-refractivity contribution in [2.45, 2.75) is 26.7 Å². The zero-order chi connectivity index (χ0) is 21.3. The average Bonchev–Trinajstić information content (AvgIpc) is 3.03. The molecule has 0 saturated heterocycles. The number of rotatable bonds is 6. The Morgan fingerprint density at radius 2 is 1.80 bits per heavy atom. The van der Waals surface area contributed by atoms with E-state index in [4.69, 9.17) is 15.5 Å². The minimum atomic E-state index is -0.531. The summed E-state index contributed by atoms with van der Waals surface area (Å²) in [5.41, 5.74) is 9.94. The Morgan fingerprint density at radius 3 is 2.50 bits per heavy atom. The highest BCUT2D eigenvalue weighted by Gasteiger charge is 2.26. The van der Waals surface area contributed by atoms with Crippen LogP contribution in [0.25, 0.3) is 27.9 Å². The summed E-state index contributed by atoms with van der Waals surface area (Å²) in [6, 6.07) is 14.4. The Balaban J connectivity index is 1.98. The van der Waals surface area contributed by atoms with Crippen molar-refractivity contribution in [1.82, 2.24) is 14.5 Å². The molecule has 0 saturated carbocycles. The van der Waals surface area contributed by atoms with Crippen LogP contribution in [-0.2, 0) is 4.74 Å². The van der Waals surface area contributed by atoms with E-state index in [-0.39, 0.29) is 17.2 Å². The van der Waals surface area contributed by atoms with E-state index in [9.17, 15) is 9.59 Å². The lowest BCUT2D eigenvalue weighted by molar-refractivity contribution is 0.0503. The van der Waals surface area contributed by atoms with Gasteiger partial charge in [0.1, 0.15) is 16.9 Å². The highest BCUT2D eigenvalue weighted by atomic mass is 16.5. The van der Waals surface area contributed by atoms with Crippen molar-refractivity contribution < 1.29 is 14.3 Å². The van der Waals surface area contributed by atoms with Gasteiger partial charge in [0.05, 0.1) is 17.6 Å². The first-order valence-electron chi connectivity index (χ1n) is 9.86. The number of nitrogens with zero attached hydrogens (tertiary/aromatic N) is 3. The van der Waals surface area contributed by atoms with Crippen LogP contribution in [0.5, 0.6) is 0 Å². The maximum Gasteiger partial charge on any atom is 0.344 e. The number of ether oxygens (including phenoxy) is 1. The number of aromatic nitrogens is 3. The first-order chi connectivity index (χ1) is 14.5. The van der Waals surface area contributed by atoms with Crippen LogP contribution in [0, 0.1) is 0 Å². The third-order valence-corrected chi connectivity index (χ3v) is 4.94. The molecule has 2 heterocycles. The van der Waals surface area contributed by atoms with E-state index in [2.05, 4.69) is 4.98 Å². The Hall–Kier alpha value is -3.74. The smallest absolute Gasteiger partial charge is 0.344 e. The van der Waals surface area contributed by atoms with Crippen molar-refractivity contribution >= 4 is 39.8 Å². The molecular weight excluding hydrogens is 380 g/mol. The number of carbonyl (C=O) groups excluding carboxylic acids is 2. The summed E-state index contributed by atoms with van der Waals surface area (Å²) in [6.45, 7) is 3.83. The summed E-state index contributed by atoms with van der Waals surface area (Å²) in [6.07, 6.45) is 1.67. The number of esters is 1. The SMILES string of the molecule is CCCCOC(=O)c1c(N)n(-c2cccc(C(C)=O)c2)c2nc3ccccc3nc12. The minimum Gasteiger partial charge on any atom is -0.462 e. The maximum absolute atomic E-state index is 12.9. The number of nitrogen functional groups attached to an aromatic ring is 1. The van der Waals surface area contributed by atoms with Gasteiger partial charge in [-0.05, 0) is 37.6 Å². The van der Waals surface area contributed by atoms with Gasteiger partial charge >= 0.3 is 5.97 Å². The zero-order valence-corrected chi connectivity index (χ0v) is 16.9. The molecule has 0 aliphatic rings. The second kappa shape index (κ2) is 7.94. The third kappa shape index (κ3) is 3.39. The Labute approximate surface area is 173 Å². The summed E-state index contributed by atoms with van der Waals surface area (Å²) in [7, 11) is 0. The van der Waals surface area contributed by atoms with E-state index in [1.54, 1.807) is 22.8 Å². The van der Waals surface area contributed by atoms with Crippen LogP contribution in [0.4, 0.5) is 5.82 Å². The molecule has 4 aromatic rings. The van der Waals surface area contributed by atoms with Gasteiger partial charge in [-0.2, -0.15) is 0 Å². The topological polar surface area (TPSA) is 100 Å². The monoisotopic (exact) mass is 402 g/mol. The van der Waals surface area contributed by atoms with Gasteiger partial charge in [0.15, 0.2) is 11.4 Å². The van der Waals surface area contributed by atoms with Gasteiger partial charge < -0.3 is 10.5 Å². The van der Waals surface area contributed by atoms with Gasteiger partial charge in [0.2, 0.25) is 0 Å². The van der Waals surface area contributed by atoms with Gasteiger partial charge in [0.25, 0.3) is 0 Å². The van der Waals surface area contributed by atoms with Gasteiger partial charge in [-0.25, -0.2) is 14.8 Å². The molecule has 2 N–H and O–H groups in total. The van der Waals surface area contributed by atoms with E-state index < -0.39 is 5.97 Å². The third-order valence-electron chi connectivity index (χ3n) is 4.94. The van der Waals surface area contributed by atoms with Crippen LogP contribution in [-0.4, -0.2) is 32.9 Å². The lowest BCUT2D eigenvalue weighted by atomic mass is 10.1. The Bertz CT molecular complexity index is 1280. The number of para-hydroxylation sites is 2. The number of benzene rings is 2. The Kier molecular flexibility index (Phi) is 5.18. The quantitative estimate of drug-likeness (QED) is 0.293. The number of fused-ring (bicyclic) bond motifs is 2. The van der Waals surface area contributed by atoms with Crippen molar-refractivity contribution in [2.24, 2.45) is 0 Å². The molecule has 0 amide bonds. The van der Waals surface area contributed by atoms with Crippen LogP contribution in [0.3, 0.4) is 0 Å². The molecule has 0 aliphatic carbocycles. The maximum atomic E-state index is 12.9. The van der Waals surface area contributed by atoms with E-state index in [0.29, 0.717) is 40.1 Å². The second-order valence-electron chi connectivity index (χ2n) is 7.08. The van der Waals surface area contributed by atoms with Crippen LogP contribution in [0.15, 0.2) is 48.5 Å². The molecule has 30 heavy (non-hydrogen) atoms. The fourth-order valence-corrected chi connectivity index (χ4v) is 3.37. The molecule has 0 bridgehead atoms. The molecule has 0 fully saturated rings. The van der Waals surface area contributed by atoms with E-state index >= 15 is 0 Å². The van der Waals surface area contributed by atoms with E-state index in [0.717, 1.165) is 12.8 Å². The summed E-state index contributed by atoms with van der Waals surface area (Å²) < 4.78 is 7.08. The Morgan fingerprint density at radius 1 is 1.07 bits per heavy atom. The molecule has 0 radical (unpaired) electrons. The number of nitrogens with two attached hydrogens (primary N) is 1. The van der Waals surface area contributed by atoms with Crippen molar-refractivity contribution in [2.75, 3.05) is 12.3 Å². The number of ketones is 1. The molecule has 7 nitrogen and oxygen atoms in total. The number of unbranched alkanes of at least 4 members (excludes halogenated alkanes) is 1. The zero-order valence-electron chi connectivity index (χ0n) is 16.9. The minimum absolute atomic E-state index is 0.0670. The van der Waals surface area contributed by atoms with Crippen LogP contribution in [0.1, 0.15) is 47.4 Å². The number of anilines is 1. The van der Waals surface area contributed by atoms with Gasteiger partial charge in [0, 0.05) is 11.3 Å². The lowest BCUT2D eigenvalue weighted by Crippen LogP contribution is -2.10. The molecule has 152 valence electrons. The van der Waals surface area contributed by atoms with Crippen LogP contribution in [0.2, 0.25) is 0 Å². The number of hydrogen-bond acceptors (Lipinski definition) is 6. The average molecular weight is 402 g/mol. The number of carbonyl (C=O) groups is 2. The van der Waals surface area contributed by atoms with Crippen molar-refractivity contribution in [3.8, 4) is 5.69 Å². The van der Waals surface area contributed by atoms with Crippen molar-refractivity contribution in [3.63, 3.8) is 0 Å². The fraction of sp³-hybridized carbons (Fsp3) is 0.217. The molecule has 0 unspecified atom stereocenters.